The Morgan fingerprint density at radius 3 is 2.38 bits per heavy atom. The summed E-state index contributed by atoms with van der Waals surface area (Å²) in [5.41, 5.74) is 6.50. The van der Waals surface area contributed by atoms with Gasteiger partial charge in [0, 0.05) is 31.6 Å². The maximum absolute atomic E-state index is 14.5. The van der Waals surface area contributed by atoms with E-state index in [4.69, 9.17) is 18.9 Å². The quantitative estimate of drug-likeness (QED) is 0.0501. The van der Waals surface area contributed by atoms with Gasteiger partial charge in [-0.25, -0.2) is 4.79 Å². The van der Waals surface area contributed by atoms with Gasteiger partial charge in [-0.15, -0.1) is 0 Å². The van der Waals surface area contributed by atoms with E-state index in [2.05, 4.69) is 42.7 Å². The molecule has 1 unspecified atom stereocenters. The van der Waals surface area contributed by atoms with Crippen LogP contribution in [-0.2, 0) is 35.1 Å². The fraction of sp³-hybridized carbons (Fsp3) is 0.426. The molecule has 0 radical (unpaired) electrons. The van der Waals surface area contributed by atoms with Crippen molar-refractivity contribution in [3.05, 3.63) is 117 Å². The first kappa shape index (κ1) is 49.9. The van der Waals surface area contributed by atoms with Gasteiger partial charge in [-0.3, -0.25) is 39.0 Å². The van der Waals surface area contributed by atoms with Crippen molar-refractivity contribution in [2.75, 3.05) is 39.2 Å². The maximum Gasteiger partial charge on any atom is 0.329 e. The zero-order valence-electron chi connectivity index (χ0n) is 40.3. The Hall–Kier alpha value is -7.03. The van der Waals surface area contributed by atoms with E-state index in [1.807, 2.05) is 32.0 Å². The molecule has 3 heterocycles. The average molecular weight is 943 g/mol. The summed E-state index contributed by atoms with van der Waals surface area (Å²) < 4.78 is 23.6. The lowest BCUT2D eigenvalue weighted by atomic mass is 9.91. The average Bonchev–Trinajstić information content (AvgIpc) is 3.60. The third-order valence-electron chi connectivity index (χ3n) is 13.4. The lowest BCUT2D eigenvalue weighted by Gasteiger charge is -2.37. The number of fused-ring (bicyclic) bond motifs is 1. The Morgan fingerprint density at radius 1 is 0.841 bits per heavy atom. The van der Waals surface area contributed by atoms with Gasteiger partial charge >= 0.3 is 5.97 Å². The van der Waals surface area contributed by atoms with E-state index in [1.165, 1.54) is 11.6 Å². The van der Waals surface area contributed by atoms with E-state index in [-0.39, 0.29) is 48.7 Å². The summed E-state index contributed by atoms with van der Waals surface area (Å²) in [6, 6.07) is 20.3. The van der Waals surface area contributed by atoms with Gasteiger partial charge in [-0.05, 0) is 136 Å². The fourth-order valence-electron chi connectivity index (χ4n) is 9.56. The predicted octanol–water partition coefficient (Wildman–Crippen LogP) is 7.66. The monoisotopic (exact) mass is 942 g/mol. The summed E-state index contributed by atoms with van der Waals surface area (Å²) in [4.78, 5) is 95.5. The molecule has 3 aliphatic heterocycles. The van der Waals surface area contributed by atoms with Crippen LogP contribution in [0, 0.1) is 20.8 Å². The number of hydrogen-bond acceptors (Lipinski definition) is 12. The highest BCUT2D eigenvalue weighted by Gasteiger charge is 2.46. The number of nitrogens with zero attached hydrogens (tertiary/aromatic N) is 2. The molecule has 5 amide bonds. The van der Waals surface area contributed by atoms with Gasteiger partial charge < -0.3 is 29.2 Å². The molecule has 2 N–H and O–H groups in total. The standard InChI is InChI=1S/C54H62N4O11/c1-7-40(37-28-34(4)49(67-6)46(30-37)66-5)51(62)57-26-9-8-18-44(57)54(65)69-45(23-21-35-20-19-32(2)33(3)27-35)36-13-10-15-39(29-36)68-31-38(59)14-12-25-55-42-17-11-16-41-48(42)53(64)58(52(41)63)43-22-24-47(60)56-50(43)61/h10-11,13,15-17,19-20,27-30,40,43-45,55H,7-9,12,14,18,21-26,31H2,1-6H3,(H,56,60,61)/t40-,43?,44-,45+/m0/s1. The number of anilines is 1. The zero-order chi connectivity index (χ0) is 49.4. The van der Waals surface area contributed by atoms with Crippen LogP contribution in [0.25, 0.3) is 0 Å². The third-order valence-corrected chi connectivity index (χ3v) is 13.4. The highest BCUT2D eigenvalue weighted by Crippen LogP contribution is 2.38. The number of carbonyl (C=O) groups excluding carboxylic acids is 7. The van der Waals surface area contributed by atoms with E-state index in [1.54, 1.807) is 49.5 Å². The second kappa shape index (κ2) is 22.4. The molecule has 7 rings (SSSR count). The van der Waals surface area contributed by atoms with Crippen molar-refractivity contribution in [3.63, 3.8) is 0 Å². The number of rotatable bonds is 20. The Morgan fingerprint density at radius 2 is 1.64 bits per heavy atom. The molecule has 2 saturated heterocycles. The lowest BCUT2D eigenvalue weighted by Crippen LogP contribution is -2.54. The molecule has 15 nitrogen and oxygen atoms in total. The van der Waals surface area contributed by atoms with Crippen LogP contribution in [0.5, 0.6) is 17.2 Å². The third kappa shape index (κ3) is 11.3. The summed E-state index contributed by atoms with van der Waals surface area (Å²) in [7, 11) is 3.15. The van der Waals surface area contributed by atoms with Gasteiger partial charge in [0.15, 0.2) is 17.3 Å². The molecule has 0 aliphatic carbocycles. The number of amides is 5. The van der Waals surface area contributed by atoms with Gasteiger partial charge in [-0.1, -0.05) is 49.4 Å². The number of Topliss-reactive ketones (excluding diaryl/α,β-unsaturated/α-hetero) is 1. The number of carbonyl (C=O) groups is 7. The zero-order valence-corrected chi connectivity index (χ0v) is 40.3. The van der Waals surface area contributed by atoms with E-state index < -0.39 is 53.7 Å². The lowest BCUT2D eigenvalue weighted by molar-refractivity contribution is -0.162. The SMILES string of the molecule is CC[C@H](C(=O)N1CCCC[C@H]1C(=O)O[C@H](CCc1ccc(C)c(C)c1)c1cccc(OCC(=O)CCCNc2cccc3c2C(=O)N(C2CCC(=O)NC2=O)C3=O)c1)c1cc(C)c(OC)c(OC)c1. The van der Waals surface area contributed by atoms with E-state index in [0.29, 0.717) is 73.7 Å². The molecule has 3 aliphatic rings. The van der Waals surface area contributed by atoms with Crippen LogP contribution in [0.3, 0.4) is 0 Å². The molecule has 0 aromatic heterocycles. The van der Waals surface area contributed by atoms with Crippen molar-refractivity contribution in [1.29, 1.82) is 0 Å². The topological polar surface area (TPSA) is 187 Å². The van der Waals surface area contributed by atoms with Gasteiger partial charge in [0.2, 0.25) is 17.7 Å². The number of imide groups is 2. The molecule has 0 saturated carbocycles. The minimum absolute atomic E-state index is 0.0239. The first-order valence-electron chi connectivity index (χ1n) is 23.8. The van der Waals surface area contributed by atoms with Crippen LogP contribution in [0.1, 0.15) is 131 Å². The second-order valence-electron chi connectivity index (χ2n) is 18.1. The second-order valence-corrected chi connectivity index (χ2v) is 18.1. The van der Waals surface area contributed by atoms with Crippen LogP contribution in [0.4, 0.5) is 5.69 Å². The first-order chi connectivity index (χ1) is 33.2. The van der Waals surface area contributed by atoms with Crippen LogP contribution in [0.2, 0.25) is 0 Å². The Labute approximate surface area is 403 Å². The molecule has 0 bridgehead atoms. The molecule has 4 aromatic rings. The minimum atomic E-state index is -1.07. The Bertz CT molecular complexity index is 2630. The maximum atomic E-state index is 14.5. The number of ketones is 1. The number of piperidine rings is 2. The van der Waals surface area contributed by atoms with Crippen molar-refractivity contribution in [2.45, 2.75) is 116 Å². The number of aryl methyl sites for hydroxylation is 4. The molecule has 2 fully saturated rings. The van der Waals surface area contributed by atoms with Gasteiger partial charge in [-0.2, -0.15) is 0 Å². The summed E-state index contributed by atoms with van der Waals surface area (Å²) in [5.74, 6) is -2.03. The summed E-state index contributed by atoms with van der Waals surface area (Å²) in [5, 5.41) is 5.37. The molecule has 4 aromatic carbocycles. The molecule has 4 atom stereocenters. The van der Waals surface area contributed by atoms with E-state index in [0.717, 1.165) is 40.0 Å². The molecule has 69 heavy (non-hydrogen) atoms. The molecule has 364 valence electrons. The largest absolute Gasteiger partial charge is 0.493 e. The van der Waals surface area contributed by atoms with Crippen LogP contribution < -0.4 is 24.8 Å². The minimum Gasteiger partial charge on any atom is -0.493 e. The van der Waals surface area contributed by atoms with Gasteiger partial charge in [0.1, 0.15) is 30.5 Å². The predicted molar refractivity (Wildman–Crippen MR) is 258 cm³/mol. The summed E-state index contributed by atoms with van der Waals surface area (Å²) in [6.07, 6.45) is 3.58. The molecular weight excluding hydrogens is 881 g/mol. The van der Waals surface area contributed by atoms with Crippen LogP contribution >= 0.6 is 0 Å². The molecular formula is C54H62N4O11. The van der Waals surface area contributed by atoms with Crippen LogP contribution in [0.15, 0.2) is 72.8 Å². The number of likely N-dealkylation sites (tertiary alicyclic amines) is 1. The number of nitrogens with one attached hydrogen (secondary N) is 2. The van der Waals surface area contributed by atoms with Crippen molar-refractivity contribution < 1.29 is 52.5 Å². The Balaban J connectivity index is 0.993. The van der Waals surface area contributed by atoms with Gasteiger partial charge in [0.05, 0.1) is 31.3 Å². The summed E-state index contributed by atoms with van der Waals surface area (Å²) in [6.45, 7) is 8.54. The number of esters is 1. The van der Waals surface area contributed by atoms with E-state index in [9.17, 15) is 33.6 Å². The number of ether oxygens (including phenoxy) is 4. The highest BCUT2D eigenvalue weighted by molar-refractivity contribution is 6.25. The van der Waals surface area contributed by atoms with E-state index >= 15 is 0 Å². The number of methoxy groups -OCH3 is 2. The van der Waals surface area contributed by atoms with Gasteiger partial charge in [0.25, 0.3) is 11.8 Å². The number of hydrogen-bond donors (Lipinski definition) is 2. The van der Waals surface area contributed by atoms with Crippen LogP contribution in [-0.4, -0.2) is 97.1 Å². The normalized spacial score (nSPS) is 17.7. The van der Waals surface area contributed by atoms with Crippen molar-refractivity contribution in [2.24, 2.45) is 0 Å². The van der Waals surface area contributed by atoms with Crippen molar-refractivity contribution >= 4 is 47.0 Å². The van der Waals surface area contributed by atoms with Crippen molar-refractivity contribution in [3.8, 4) is 17.2 Å². The smallest absolute Gasteiger partial charge is 0.329 e. The first-order valence-corrected chi connectivity index (χ1v) is 23.8. The van der Waals surface area contributed by atoms with Crippen molar-refractivity contribution in [1.82, 2.24) is 15.1 Å². The fourth-order valence-corrected chi connectivity index (χ4v) is 9.56. The number of benzene rings is 4. The Kier molecular flexibility index (Phi) is 16.2. The summed E-state index contributed by atoms with van der Waals surface area (Å²) >= 11 is 0. The molecule has 0 spiro atoms. The molecule has 15 heteroatoms. The highest BCUT2D eigenvalue weighted by atomic mass is 16.5.